The lowest BCUT2D eigenvalue weighted by Crippen LogP contribution is -2.58. The van der Waals surface area contributed by atoms with Crippen LogP contribution in [0.5, 0.6) is 0 Å². The Balaban J connectivity index is 1.95. The van der Waals surface area contributed by atoms with E-state index < -0.39 is 0 Å². The molecule has 1 saturated carbocycles. The molecule has 1 heterocycles. The molecule has 0 radical (unpaired) electrons. The van der Waals surface area contributed by atoms with Gasteiger partial charge in [-0.05, 0) is 70.4 Å². The van der Waals surface area contributed by atoms with Crippen LogP contribution in [-0.4, -0.2) is 24.5 Å². The molecule has 0 aromatic carbocycles. The van der Waals surface area contributed by atoms with Gasteiger partial charge in [0.1, 0.15) is 0 Å². The van der Waals surface area contributed by atoms with Crippen LogP contribution in [0.3, 0.4) is 0 Å². The predicted octanol–water partition coefficient (Wildman–Crippen LogP) is 3.46. The van der Waals surface area contributed by atoms with Crippen molar-refractivity contribution in [2.45, 2.75) is 52.5 Å². The van der Waals surface area contributed by atoms with E-state index in [0.717, 1.165) is 17.9 Å². The summed E-state index contributed by atoms with van der Waals surface area (Å²) in [6, 6.07) is 0.904. The topological polar surface area (TPSA) is 3.24 Å². The molecule has 2 aliphatic carbocycles. The number of likely N-dealkylation sites (tertiary alicyclic amines) is 1. The Kier molecular flexibility index (Phi) is 2.27. The van der Waals surface area contributed by atoms with E-state index in [1.807, 2.05) is 0 Å². The van der Waals surface area contributed by atoms with Crippen LogP contribution in [0.25, 0.3) is 0 Å². The lowest BCUT2D eigenvalue weighted by atomic mass is 9.55. The van der Waals surface area contributed by atoms with Crippen LogP contribution >= 0.6 is 0 Å². The molecule has 3 aliphatic rings. The lowest BCUT2D eigenvalue weighted by Gasteiger charge is -2.57. The maximum atomic E-state index is 2.62. The summed E-state index contributed by atoms with van der Waals surface area (Å²) in [6.45, 7) is 8.55. The fraction of sp³-hybridized carbons (Fsp3) is 0.867. The zero-order valence-electron chi connectivity index (χ0n) is 11.2. The predicted molar refractivity (Wildman–Crippen MR) is 68.3 cm³/mol. The molecule has 0 aromatic rings. The molecule has 1 heteroatoms. The average molecular weight is 219 g/mol. The van der Waals surface area contributed by atoms with Crippen molar-refractivity contribution in [2.75, 3.05) is 13.6 Å². The van der Waals surface area contributed by atoms with Crippen LogP contribution in [0, 0.1) is 17.3 Å². The van der Waals surface area contributed by atoms with Crippen molar-refractivity contribution in [3.05, 3.63) is 11.1 Å². The third-order valence-electron chi connectivity index (χ3n) is 6.17. The summed E-state index contributed by atoms with van der Waals surface area (Å²) in [5.74, 6) is 1.82. The van der Waals surface area contributed by atoms with Crippen LogP contribution in [0.2, 0.25) is 0 Å². The van der Waals surface area contributed by atoms with Crippen molar-refractivity contribution in [1.82, 2.24) is 4.90 Å². The zero-order chi connectivity index (χ0) is 11.5. The molecular formula is C15H25N. The van der Waals surface area contributed by atoms with E-state index in [4.69, 9.17) is 0 Å². The highest BCUT2D eigenvalue weighted by molar-refractivity contribution is 5.31. The molecule has 0 aromatic heterocycles. The van der Waals surface area contributed by atoms with Gasteiger partial charge < -0.3 is 4.90 Å². The van der Waals surface area contributed by atoms with Gasteiger partial charge in [-0.1, -0.05) is 18.1 Å². The molecule has 0 N–H and O–H groups in total. The van der Waals surface area contributed by atoms with E-state index in [9.17, 15) is 0 Å². The molecule has 16 heavy (non-hydrogen) atoms. The SMILES string of the molecule is CC1=C(C)[C@]2(CCN(C)[C@@H]3CC[C@@H]32)C[C@@H]1C. The maximum Gasteiger partial charge on any atom is 0.0129 e. The minimum atomic E-state index is 0.610. The fourth-order valence-electron chi connectivity index (χ4n) is 4.72. The van der Waals surface area contributed by atoms with Gasteiger partial charge in [-0.3, -0.25) is 0 Å². The first-order chi connectivity index (χ1) is 7.56. The summed E-state index contributed by atoms with van der Waals surface area (Å²) >= 11 is 0. The summed E-state index contributed by atoms with van der Waals surface area (Å²) in [5, 5.41) is 0. The Labute approximate surface area is 99.9 Å². The first-order valence-corrected chi connectivity index (χ1v) is 6.94. The zero-order valence-corrected chi connectivity index (χ0v) is 11.2. The molecule has 1 saturated heterocycles. The second-order valence-corrected chi connectivity index (χ2v) is 6.55. The van der Waals surface area contributed by atoms with Gasteiger partial charge >= 0.3 is 0 Å². The van der Waals surface area contributed by atoms with Crippen molar-refractivity contribution in [2.24, 2.45) is 17.3 Å². The number of nitrogens with zero attached hydrogens (tertiary/aromatic N) is 1. The Morgan fingerprint density at radius 1 is 1.25 bits per heavy atom. The van der Waals surface area contributed by atoms with Gasteiger partial charge in [-0.25, -0.2) is 0 Å². The number of hydrogen-bond donors (Lipinski definition) is 0. The van der Waals surface area contributed by atoms with Crippen molar-refractivity contribution in [1.29, 1.82) is 0 Å². The monoisotopic (exact) mass is 219 g/mol. The first kappa shape index (κ1) is 10.8. The van der Waals surface area contributed by atoms with Gasteiger partial charge in [0, 0.05) is 6.04 Å². The quantitative estimate of drug-likeness (QED) is 0.564. The standard InChI is InChI=1S/C15H25N/c1-10-9-15(12(3)11(10)2)7-8-16(4)14-6-5-13(14)15/h10,13-14H,5-9H2,1-4H3/t10-,13-,14+,15-/m0/s1. The van der Waals surface area contributed by atoms with Gasteiger partial charge in [0.05, 0.1) is 0 Å². The lowest BCUT2D eigenvalue weighted by molar-refractivity contribution is -0.0509. The van der Waals surface area contributed by atoms with E-state index in [1.54, 1.807) is 11.1 Å². The van der Waals surface area contributed by atoms with E-state index in [0.29, 0.717) is 5.41 Å². The van der Waals surface area contributed by atoms with Gasteiger partial charge in [0.15, 0.2) is 0 Å². The molecule has 1 aliphatic heterocycles. The van der Waals surface area contributed by atoms with Crippen LogP contribution in [0.1, 0.15) is 46.5 Å². The molecule has 1 nitrogen and oxygen atoms in total. The fourth-order valence-corrected chi connectivity index (χ4v) is 4.72. The molecule has 4 atom stereocenters. The third-order valence-corrected chi connectivity index (χ3v) is 6.17. The molecule has 3 rings (SSSR count). The number of rotatable bonds is 0. The highest BCUT2D eigenvalue weighted by Gasteiger charge is 2.55. The summed E-state index contributed by atoms with van der Waals surface area (Å²) in [4.78, 5) is 2.62. The smallest absolute Gasteiger partial charge is 0.0129 e. The molecule has 0 unspecified atom stereocenters. The number of fused-ring (bicyclic) bond motifs is 2. The highest BCUT2D eigenvalue weighted by atomic mass is 15.2. The van der Waals surface area contributed by atoms with E-state index in [2.05, 4.69) is 32.7 Å². The minimum absolute atomic E-state index is 0.610. The van der Waals surface area contributed by atoms with Crippen LogP contribution in [0.15, 0.2) is 11.1 Å². The van der Waals surface area contributed by atoms with E-state index >= 15 is 0 Å². The van der Waals surface area contributed by atoms with E-state index in [-0.39, 0.29) is 0 Å². The van der Waals surface area contributed by atoms with Crippen LogP contribution in [0.4, 0.5) is 0 Å². The van der Waals surface area contributed by atoms with Gasteiger partial charge in [-0.15, -0.1) is 0 Å². The van der Waals surface area contributed by atoms with Gasteiger partial charge in [0.25, 0.3) is 0 Å². The summed E-state index contributed by atoms with van der Waals surface area (Å²) in [6.07, 6.45) is 5.79. The van der Waals surface area contributed by atoms with Crippen LogP contribution < -0.4 is 0 Å². The van der Waals surface area contributed by atoms with Gasteiger partial charge in [-0.2, -0.15) is 0 Å². The number of hydrogen-bond acceptors (Lipinski definition) is 1. The Hall–Kier alpha value is -0.300. The van der Waals surface area contributed by atoms with Crippen molar-refractivity contribution in [3.63, 3.8) is 0 Å². The Morgan fingerprint density at radius 3 is 2.50 bits per heavy atom. The van der Waals surface area contributed by atoms with E-state index in [1.165, 1.54) is 32.2 Å². The Bertz CT molecular complexity index is 343. The molecule has 90 valence electrons. The normalized spacial score (nSPS) is 48.4. The van der Waals surface area contributed by atoms with Gasteiger partial charge in [0.2, 0.25) is 0 Å². The summed E-state index contributed by atoms with van der Waals surface area (Å²) in [7, 11) is 2.33. The highest BCUT2D eigenvalue weighted by Crippen LogP contribution is 2.60. The second kappa shape index (κ2) is 3.35. The summed E-state index contributed by atoms with van der Waals surface area (Å²) in [5.41, 5.74) is 4.08. The molecule has 2 fully saturated rings. The Morgan fingerprint density at radius 2 is 2.00 bits per heavy atom. The minimum Gasteiger partial charge on any atom is -0.303 e. The first-order valence-electron chi connectivity index (χ1n) is 6.94. The van der Waals surface area contributed by atoms with Crippen molar-refractivity contribution < 1.29 is 0 Å². The average Bonchev–Trinajstić information content (AvgIpc) is 2.38. The number of allylic oxidation sites excluding steroid dienone is 2. The number of piperidine rings is 1. The largest absolute Gasteiger partial charge is 0.303 e. The second-order valence-electron chi connectivity index (χ2n) is 6.55. The molecule has 0 amide bonds. The maximum absolute atomic E-state index is 2.62. The summed E-state index contributed by atoms with van der Waals surface area (Å²) < 4.78 is 0. The van der Waals surface area contributed by atoms with Crippen molar-refractivity contribution >= 4 is 0 Å². The van der Waals surface area contributed by atoms with Crippen LogP contribution in [-0.2, 0) is 0 Å². The third kappa shape index (κ3) is 1.16. The van der Waals surface area contributed by atoms with Crippen molar-refractivity contribution in [3.8, 4) is 0 Å². The molecule has 0 bridgehead atoms. The molecular weight excluding hydrogens is 194 g/mol. The molecule has 1 spiro atoms.